The first-order valence-corrected chi connectivity index (χ1v) is 12.1. The highest BCUT2D eigenvalue weighted by atomic mass is 15.1. The van der Waals surface area contributed by atoms with Gasteiger partial charge in [0.25, 0.3) is 0 Å². The molecule has 1 spiro atoms. The van der Waals surface area contributed by atoms with E-state index in [2.05, 4.69) is 37.9 Å². The normalized spacial score (nSPS) is 23.1. The largest absolute Gasteiger partial charge is 0.314 e. The van der Waals surface area contributed by atoms with Crippen molar-refractivity contribution in [2.75, 3.05) is 26.2 Å². The Kier molecular flexibility index (Phi) is 9.99. The van der Waals surface area contributed by atoms with Crippen LogP contribution in [0.15, 0.2) is 0 Å². The Morgan fingerprint density at radius 2 is 1.73 bits per heavy atom. The van der Waals surface area contributed by atoms with Gasteiger partial charge in [-0.1, -0.05) is 53.4 Å². The Morgan fingerprint density at radius 1 is 1.00 bits per heavy atom. The molecule has 154 valence electrons. The van der Waals surface area contributed by atoms with Gasteiger partial charge in [0.15, 0.2) is 0 Å². The van der Waals surface area contributed by atoms with Crippen molar-refractivity contribution in [3.8, 4) is 0 Å². The van der Waals surface area contributed by atoms with E-state index in [4.69, 9.17) is 0 Å². The molecule has 2 unspecified atom stereocenters. The molecule has 0 aromatic heterocycles. The van der Waals surface area contributed by atoms with Gasteiger partial charge in [-0.25, -0.2) is 0 Å². The minimum Gasteiger partial charge on any atom is -0.314 e. The summed E-state index contributed by atoms with van der Waals surface area (Å²) in [6.07, 6.45) is 17.0. The average Bonchev–Trinajstić information content (AvgIpc) is 2.63. The van der Waals surface area contributed by atoms with Gasteiger partial charge < -0.3 is 10.2 Å². The van der Waals surface area contributed by atoms with E-state index in [1.54, 1.807) is 0 Å². The van der Waals surface area contributed by atoms with Crippen LogP contribution in [0.1, 0.15) is 105 Å². The van der Waals surface area contributed by atoms with E-state index in [1.807, 2.05) is 0 Å². The predicted octanol–water partition coefficient (Wildman–Crippen LogP) is 6.25. The van der Waals surface area contributed by atoms with Gasteiger partial charge in [0.2, 0.25) is 0 Å². The quantitative estimate of drug-likeness (QED) is 0.415. The van der Waals surface area contributed by atoms with Crippen LogP contribution in [0.5, 0.6) is 0 Å². The zero-order valence-corrected chi connectivity index (χ0v) is 18.5. The van der Waals surface area contributed by atoms with Crippen LogP contribution in [0.3, 0.4) is 0 Å². The molecule has 2 atom stereocenters. The maximum absolute atomic E-state index is 3.80. The molecule has 2 heteroatoms. The molecular formula is C24H48N2. The predicted molar refractivity (Wildman–Crippen MR) is 116 cm³/mol. The van der Waals surface area contributed by atoms with E-state index in [0.717, 1.165) is 23.3 Å². The molecule has 0 aromatic carbocycles. The minimum absolute atomic E-state index is 0.753. The molecule has 2 rings (SSSR count). The fourth-order valence-electron chi connectivity index (χ4n) is 5.42. The number of nitrogens with one attached hydrogen (secondary N) is 1. The smallest absolute Gasteiger partial charge is 0.00643 e. The second kappa shape index (κ2) is 11.7. The SMILES string of the molecule is CCCCC(C)CCN1CCC2(CC1)CC(CCNC(CC)CCC)C2. The number of unbranched alkanes of at least 4 members (excludes halogenated alkanes) is 1. The second-order valence-corrected chi connectivity index (χ2v) is 9.79. The van der Waals surface area contributed by atoms with Gasteiger partial charge in [-0.3, -0.25) is 0 Å². The highest BCUT2D eigenvalue weighted by Crippen LogP contribution is 2.53. The van der Waals surface area contributed by atoms with E-state index in [1.165, 1.54) is 103 Å². The summed E-state index contributed by atoms with van der Waals surface area (Å²) in [6, 6.07) is 0.761. The summed E-state index contributed by atoms with van der Waals surface area (Å²) in [5.41, 5.74) is 0.753. The molecule has 2 fully saturated rings. The van der Waals surface area contributed by atoms with Gasteiger partial charge in [-0.2, -0.15) is 0 Å². The average molecular weight is 365 g/mol. The van der Waals surface area contributed by atoms with E-state index in [-0.39, 0.29) is 0 Å². The summed E-state index contributed by atoms with van der Waals surface area (Å²) >= 11 is 0. The number of rotatable bonds is 13. The zero-order chi connectivity index (χ0) is 18.8. The number of hydrogen-bond donors (Lipinski definition) is 1. The topological polar surface area (TPSA) is 15.3 Å². The summed E-state index contributed by atoms with van der Waals surface area (Å²) in [7, 11) is 0. The minimum atomic E-state index is 0.753. The fraction of sp³-hybridized carbons (Fsp3) is 1.00. The molecule has 0 amide bonds. The van der Waals surface area contributed by atoms with Gasteiger partial charge >= 0.3 is 0 Å². The first-order valence-electron chi connectivity index (χ1n) is 12.1. The lowest BCUT2D eigenvalue weighted by Crippen LogP contribution is -2.48. The summed E-state index contributed by atoms with van der Waals surface area (Å²) in [4.78, 5) is 2.76. The third-order valence-electron chi connectivity index (χ3n) is 7.46. The van der Waals surface area contributed by atoms with Gasteiger partial charge in [0, 0.05) is 6.04 Å². The Balaban J connectivity index is 1.54. The first-order chi connectivity index (χ1) is 12.6. The molecule has 26 heavy (non-hydrogen) atoms. The molecule has 2 nitrogen and oxygen atoms in total. The Labute approximate surface area is 164 Å². The summed E-state index contributed by atoms with van der Waals surface area (Å²) in [5.74, 6) is 1.94. The van der Waals surface area contributed by atoms with Crippen LogP contribution in [0.2, 0.25) is 0 Å². The van der Waals surface area contributed by atoms with Crippen molar-refractivity contribution >= 4 is 0 Å². The monoisotopic (exact) mass is 364 g/mol. The summed E-state index contributed by atoms with van der Waals surface area (Å²) < 4.78 is 0. The van der Waals surface area contributed by atoms with Crippen molar-refractivity contribution in [3.63, 3.8) is 0 Å². The lowest BCUT2D eigenvalue weighted by molar-refractivity contribution is -0.0169. The van der Waals surface area contributed by atoms with Crippen molar-refractivity contribution in [1.82, 2.24) is 10.2 Å². The van der Waals surface area contributed by atoms with Gasteiger partial charge in [-0.05, 0) is 94.8 Å². The van der Waals surface area contributed by atoms with Gasteiger partial charge in [0.05, 0.1) is 0 Å². The molecule has 1 heterocycles. The maximum Gasteiger partial charge on any atom is 0.00643 e. The highest BCUT2D eigenvalue weighted by Gasteiger charge is 2.45. The van der Waals surface area contributed by atoms with Crippen LogP contribution in [-0.4, -0.2) is 37.1 Å². The van der Waals surface area contributed by atoms with Crippen LogP contribution in [0.4, 0.5) is 0 Å². The van der Waals surface area contributed by atoms with Crippen molar-refractivity contribution in [1.29, 1.82) is 0 Å². The van der Waals surface area contributed by atoms with Crippen LogP contribution in [0.25, 0.3) is 0 Å². The van der Waals surface area contributed by atoms with Crippen LogP contribution >= 0.6 is 0 Å². The van der Waals surface area contributed by atoms with Crippen molar-refractivity contribution in [3.05, 3.63) is 0 Å². The zero-order valence-electron chi connectivity index (χ0n) is 18.5. The number of likely N-dealkylation sites (tertiary alicyclic amines) is 1. The first kappa shape index (κ1) is 22.2. The van der Waals surface area contributed by atoms with Crippen molar-refractivity contribution < 1.29 is 0 Å². The standard InChI is InChI=1S/C24H48N2/c1-5-8-10-21(4)12-16-26-17-13-24(14-18-26)19-22(20-24)11-15-25-23(7-3)9-6-2/h21-23,25H,5-20H2,1-4H3. The molecule has 0 bridgehead atoms. The molecule has 1 aliphatic carbocycles. The van der Waals surface area contributed by atoms with E-state index in [0.29, 0.717) is 0 Å². The Morgan fingerprint density at radius 3 is 2.35 bits per heavy atom. The molecule has 1 saturated carbocycles. The van der Waals surface area contributed by atoms with Gasteiger partial charge in [0.1, 0.15) is 0 Å². The molecular weight excluding hydrogens is 316 g/mol. The highest BCUT2D eigenvalue weighted by molar-refractivity contribution is 4.97. The molecule has 0 aromatic rings. The third-order valence-corrected chi connectivity index (χ3v) is 7.46. The van der Waals surface area contributed by atoms with E-state index < -0.39 is 0 Å². The van der Waals surface area contributed by atoms with Crippen molar-refractivity contribution in [2.45, 2.75) is 111 Å². The number of nitrogens with zero attached hydrogens (tertiary/aromatic N) is 1. The van der Waals surface area contributed by atoms with Crippen molar-refractivity contribution in [2.24, 2.45) is 17.3 Å². The lowest BCUT2D eigenvalue weighted by atomic mass is 9.57. The Bertz CT molecular complexity index is 351. The molecule has 1 N–H and O–H groups in total. The molecule has 1 saturated heterocycles. The van der Waals surface area contributed by atoms with Crippen LogP contribution in [0, 0.1) is 17.3 Å². The van der Waals surface area contributed by atoms with Crippen LogP contribution in [-0.2, 0) is 0 Å². The van der Waals surface area contributed by atoms with Crippen LogP contribution < -0.4 is 5.32 Å². The summed E-state index contributed by atoms with van der Waals surface area (Å²) in [6.45, 7) is 14.7. The van der Waals surface area contributed by atoms with Gasteiger partial charge in [-0.15, -0.1) is 0 Å². The fourth-order valence-corrected chi connectivity index (χ4v) is 5.42. The Hall–Kier alpha value is -0.0800. The lowest BCUT2D eigenvalue weighted by Gasteiger charge is -2.52. The number of piperidine rings is 1. The van der Waals surface area contributed by atoms with E-state index >= 15 is 0 Å². The maximum atomic E-state index is 3.80. The summed E-state index contributed by atoms with van der Waals surface area (Å²) in [5, 5.41) is 3.80. The van der Waals surface area contributed by atoms with E-state index in [9.17, 15) is 0 Å². The number of hydrogen-bond acceptors (Lipinski definition) is 2. The molecule has 2 aliphatic rings. The second-order valence-electron chi connectivity index (χ2n) is 9.79. The molecule has 1 aliphatic heterocycles. The third kappa shape index (κ3) is 7.15. The molecule has 0 radical (unpaired) electrons.